The summed E-state index contributed by atoms with van der Waals surface area (Å²) in [6.07, 6.45) is 4.25. The number of carbonyl (C=O) groups is 1. The number of hydrogen-bond acceptors (Lipinski definition) is 5. The van der Waals surface area contributed by atoms with Crippen molar-refractivity contribution >= 4 is 17.4 Å². The number of benzene rings is 1. The van der Waals surface area contributed by atoms with Crippen molar-refractivity contribution in [1.82, 2.24) is 20.4 Å². The molecule has 2 aliphatic heterocycles. The molecule has 1 atom stereocenters. The molecule has 2 aromatic rings. The maximum absolute atomic E-state index is 13.9. The molecule has 8 heteroatoms. The predicted molar refractivity (Wildman–Crippen MR) is 126 cm³/mol. The van der Waals surface area contributed by atoms with Crippen LogP contribution in [0.4, 0.5) is 9.18 Å². The number of rotatable bonds is 8. The average molecular weight is 461 g/mol. The second-order valence-electron chi connectivity index (χ2n) is 8.65. The molecule has 0 bridgehead atoms. The molecule has 6 nitrogen and oxygen atoms in total. The predicted octanol–water partition coefficient (Wildman–Crippen LogP) is 4.00. The Morgan fingerprint density at radius 3 is 2.66 bits per heavy atom. The van der Waals surface area contributed by atoms with Gasteiger partial charge in [-0.1, -0.05) is 12.1 Å². The summed E-state index contributed by atoms with van der Waals surface area (Å²) in [5.74, 6) is -0.0540. The number of halogens is 1. The molecular weight excluding hydrogens is 427 g/mol. The number of nitrogens with zero attached hydrogens (tertiary/aromatic N) is 2. The van der Waals surface area contributed by atoms with Crippen LogP contribution in [0.5, 0.6) is 5.75 Å². The van der Waals surface area contributed by atoms with E-state index in [2.05, 4.69) is 37.9 Å². The molecule has 2 aliphatic rings. The molecule has 2 fully saturated rings. The van der Waals surface area contributed by atoms with E-state index in [1.165, 1.54) is 24.8 Å². The number of ether oxygens (including phenoxy) is 1. The maximum Gasteiger partial charge on any atom is 0.315 e. The molecule has 3 heterocycles. The summed E-state index contributed by atoms with van der Waals surface area (Å²) in [6, 6.07) is 9.72. The molecule has 4 rings (SSSR count). The van der Waals surface area contributed by atoms with Crippen LogP contribution in [0.15, 0.2) is 35.7 Å². The third-order valence-electron chi connectivity index (χ3n) is 6.45. The quantitative estimate of drug-likeness (QED) is 0.625. The van der Waals surface area contributed by atoms with Crippen LogP contribution in [0.25, 0.3) is 0 Å². The topological polar surface area (TPSA) is 56.8 Å². The van der Waals surface area contributed by atoms with Gasteiger partial charge in [0, 0.05) is 37.1 Å². The standard InChI is InChI=1S/C24H33FN4O2S/c1-31-22-7-6-18(15-20(22)25)17-28-12-8-19(9-13-28)27-24(30)26-16-21(23-5-4-14-32-23)29-10-2-3-11-29/h4-7,14-15,19,21H,2-3,8-13,16-17H2,1H3,(H2,26,27,30). The molecule has 1 aromatic carbocycles. The molecule has 0 radical (unpaired) electrons. The van der Waals surface area contributed by atoms with Gasteiger partial charge in [0.1, 0.15) is 0 Å². The molecule has 2 saturated heterocycles. The smallest absolute Gasteiger partial charge is 0.315 e. The van der Waals surface area contributed by atoms with Crippen LogP contribution in [0.2, 0.25) is 0 Å². The molecule has 2 amide bonds. The van der Waals surface area contributed by atoms with Crippen molar-refractivity contribution in [2.45, 2.75) is 44.3 Å². The largest absolute Gasteiger partial charge is 0.494 e. The zero-order valence-electron chi connectivity index (χ0n) is 18.7. The van der Waals surface area contributed by atoms with Crippen molar-refractivity contribution in [3.63, 3.8) is 0 Å². The highest BCUT2D eigenvalue weighted by Crippen LogP contribution is 2.28. The number of nitrogens with one attached hydrogen (secondary N) is 2. The minimum absolute atomic E-state index is 0.0820. The van der Waals surface area contributed by atoms with Gasteiger partial charge in [0.25, 0.3) is 0 Å². The first-order valence-electron chi connectivity index (χ1n) is 11.5. The second kappa shape index (κ2) is 11.1. The van der Waals surface area contributed by atoms with E-state index in [0.717, 1.165) is 44.6 Å². The van der Waals surface area contributed by atoms with Crippen molar-refractivity contribution in [3.8, 4) is 5.75 Å². The molecule has 1 unspecified atom stereocenters. The minimum Gasteiger partial charge on any atom is -0.494 e. The molecule has 0 saturated carbocycles. The van der Waals surface area contributed by atoms with E-state index < -0.39 is 0 Å². The molecule has 174 valence electrons. The number of urea groups is 1. The second-order valence-corrected chi connectivity index (χ2v) is 9.63. The first-order chi connectivity index (χ1) is 15.6. The summed E-state index contributed by atoms with van der Waals surface area (Å²) < 4.78 is 18.9. The number of thiophene rings is 1. The minimum atomic E-state index is -0.326. The van der Waals surface area contributed by atoms with Gasteiger partial charge in [0.05, 0.1) is 13.2 Å². The fourth-order valence-corrected chi connectivity index (χ4v) is 5.53. The molecule has 0 aliphatic carbocycles. The van der Waals surface area contributed by atoms with Crippen LogP contribution < -0.4 is 15.4 Å². The van der Waals surface area contributed by atoms with E-state index in [0.29, 0.717) is 13.1 Å². The van der Waals surface area contributed by atoms with Crippen molar-refractivity contribution in [2.24, 2.45) is 0 Å². The maximum atomic E-state index is 13.9. The third-order valence-corrected chi connectivity index (χ3v) is 7.43. The average Bonchev–Trinajstić information content (AvgIpc) is 3.51. The van der Waals surface area contributed by atoms with Crippen molar-refractivity contribution in [1.29, 1.82) is 0 Å². The highest BCUT2D eigenvalue weighted by atomic mass is 32.1. The van der Waals surface area contributed by atoms with Gasteiger partial charge in [-0.05, 0) is 67.9 Å². The summed E-state index contributed by atoms with van der Waals surface area (Å²) in [7, 11) is 1.47. The molecular formula is C24H33FN4O2S. The third kappa shape index (κ3) is 5.99. The SMILES string of the molecule is COc1ccc(CN2CCC(NC(=O)NCC(c3cccs3)N3CCCC3)CC2)cc1F. The van der Waals surface area contributed by atoms with Crippen LogP contribution >= 0.6 is 11.3 Å². The van der Waals surface area contributed by atoms with Gasteiger partial charge in [0.2, 0.25) is 0 Å². The zero-order chi connectivity index (χ0) is 22.3. The van der Waals surface area contributed by atoms with Crippen LogP contribution in [0, 0.1) is 5.82 Å². The molecule has 32 heavy (non-hydrogen) atoms. The number of hydrogen-bond donors (Lipinski definition) is 2. The zero-order valence-corrected chi connectivity index (χ0v) is 19.5. The Morgan fingerprint density at radius 1 is 1.22 bits per heavy atom. The fraction of sp³-hybridized carbons (Fsp3) is 0.542. The van der Waals surface area contributed by atoms with E-state index in [9.17, 15) is 9.18 Å². The van der Waals surface area contributed by atoms with Crippen LogP contribution in [0.3, 0.4) is 0 Å². The van der Waals surface area contributed by atoms with Crippen molar-refractivity contribution in [3.05, 3.63) is 52.0 Å². The van der Waals surface area contributed by atoms with E-state index in [-0.39, 0.29) is 29.7 Å². The lowest BCUT2D eigenvalue weighted by atomic mass is 10.0. The summed E-state index contributed by atoms with van der Waals surface area (Å²) in [6.45, 7) is 5.30. The first kappa shape index (κ1) is 23.0. The van der Waals surface area contributed by atoms with Crippen molar-refractivity contribution < 1.29 is 13.9 Å². The molecule has 2 N–H and O–H groups in total. The lowest BCUT2D eigenvalue weighted by molar-refractivity contribution is 0.184. The lowest BCUT2D eigenvalue weighted by Gasteiger charge is -2.33. The summed E-state index contributed by atoms with van der Waals surface area (Å²) in [4.78, 5) is 18.7. The van der Waals surface area contributed by atoms with Crippen LogP contribution in [0.1, 0.15) is 42.2 Å². The number of carbonyl (C=O) groups excluding carboxylic acids is 1. The van der Waals surface area contributed by atoms with E-state index in [1.54, 1.807) is 23.5 Å². The Bertz CT molecular complexity index is 865. The highest BCUT2D eigenvalue weighted by molar-refractivity contribution is 7.10. The lowest BCUT2D eigenvalue weighted by Crippen LogP contribution is -2.49. The van der Waals surface area contributed by atoms with Crippen molar-refractivity contribution in [2.75, 3.05) is 39.8 Å². The Morgan fingerprint density at radius 2 is 2.00 bits per heavy atom. The van der Waals surface area contributed by atoms with Crippen LogP contribution in [-0.2, 0) is 6.54 Å². The van der Waals surface area contributed by atoms with Gasteiger partial charge in [0.15, 0.2) is 11.6 Å². The first-order valence-corrected chi connectivity index (χ1v) is 12.4. The number of piperidine rings is 1. The van der Waals surface area contributed by atoms with Gasteiger partial charge in [-0.2, -0.15) is 0 Å². The van der Waals surface area contributed by atoms with Gasteiger partial charge in [-0.25, -0.2) is 9.18 Å². The Kier molecular flexibility index (Phi) is 8.00. The Hall–Kier alpha value is -2.16. The summed E-state index contributed by atoms with van der Waals surface area (Å²) in [5.41, 5.74) is 0.939. The van der Waals surface area contributed by atoms with Crippen LogP contribution in [-0.4, -0.2) is 61.7 Å². The van der Waals surface area contributed by atoms with Gasteiger partial charge < -0.3 is 15.4 Å². The normalized spacial score (nSPS) is 19.1. The van der Waals surface area contributed by atoms with E-state index in [4.69, 9.17) is 4.74 Å². The monoisotopic (exact) mass is 460 g/mol. The number of amides is 2. The number of likely N-dealkylation sites (tertiary alicyclic amines) is 2. The van der Waals surface area contributed by atoms with Gasteiger partial charge in [-0.3, -0.25) is 9.80 Å². The highest BCUT2D eigenvalue weighted by Gasteiger charge is 2.26. The Labute approximate surface area is 193 Å². The number of methoxy groups -OCH3 is 1. The van der Waals surface area contributed by atoms with E-state index >= 15 is 0 Å². The summed E-state index contributed by atoms with van der Waals surface area (Å²) >= 11 is 1.76. The molecule has 1 aromatic heterocycles. The fourth-order valence-electron chi connectivity index (χ4n) is 4.67. The van der Waals surface area contributed by atoms with Gasteiger partial charge in [-0.15, -0.1) is 11.3 Å². The summed E-state index contributed by atoms with van der Waals surface area (Å²) in [5, 5.41) is 8.37. The Balaban J connectivity index is 1.21. The van der Waals surface area contributed by atoms with Gasteiger partial charge >= 0.3 is 6.03 Å². The van der Waals surface area contributed by atoms with E-state index in [1.807, 2.05) is 6.07 Å². The molecule has 0 spiro atoms.